The van der Waals surface area contributed by atoms with E-state index in [1.807, 2.05) is 0 Å². The van der Waals surface area contributed by atoms with Crippen molar-refractivity contribution in [1.29, 1.82) is 0 Å². The quantitative estimate of drug-likeness (QED) is 0.805. The van der Waals surface area contributed by atoms with Gasteiger partial charge in [-0.2, -0.15) is 0 Å². The SMILES string of the molecule is NCC(=O)NCC(=O)N1CCOC(c2ccc(F)cc2)C1. The van der Waals surface area contributed by atoms with Crippen molar-refractivity contribution in [1.82, 2.24) is 10.2 Å². The summed E-state index contributed by atoms with van der Waals surface area (Å²) in [4.78, 5) is 24.7. The molecule has 2 amide bonds. The molecule has 6 nitrogen and oxygen atoms in total. The highest BCUT2D eigenvalue weighted by Crippen LogP contribution is 2.22. The van der Waals surface area contributed by atoms with Gasteiger partial charge in [0.1, 0.15) is 11.9 Å². The van der Waals surface area contributed by atoms with Crippen LogP contribution in [0.4, 0.5) is 4.39 Å². The molecule has 0 aromatic heterocycles. The number of carbonyl (C=O) groups excluding carboxylic acids is 2. The van der Waals surface area contributed by atoms with Gasteiger partial charge in [0.05, 0.1) is 26.2 Å². The van der Waals surface area contributed by atoms with Crippen molar-refractivity contribution in [3.05, 3.63) is 35.6 Å². The molecule has 0 aliphatic carbocycles. The number of halogens is 1. The smallest absolute Gasteiger partial charge is 0.242 e. The summed E-state index contributed by atoms with van der Waals surface area (Å²) in [6.45, 7) is 1.03. The number of carbonyl (C=O) groups is 2. The fraction of sp³-hybridized carbons (Fsp3) is 0.429. The van der Waals surface area contributed by atoms with Crippen LogP contribution in [0.1, 0.15) is 11.7 Å². The molecule has 1 heterocycles. The number of nitrogens with one attached hydrogen (secondary N) is 1. The third kappa shape index (κ3) is 4.24. The van der Waals surface area contributed by atoms with E-state index >= 15 is 0 Å². The van der Waals surface area contributed by atoms with Crippen molar-refractivity contribution in [3.8, 4) is 0 Å². The maximum Gasteiger partial charge on any atom is 0.242 e. The van der Waals surface area contributed by atoms with Gasteiger partial charge in [0.25, 0.3) is 0 Å². The first-order chi connectivity index (χ1) is 10.1. The lowest BCUT2D eigenvalue weighted by Crippen LogP contribution is -2.47. The molecule has 1 unspecified atom stereocenters. The second-order valence-electron chi connectivity index (χ2n) is 4.73. The van der Waals surface area contributed by atoms with E-state index in [1.165, 1.54) is 12.1 Å². The van der Waals surface area contributed by atoms with Crippen molar-refractivity contribution >= 4 is 11.8 Å². The van der Waals surface area contributed by atoms with E-state index in [0.717, 1.165) is 5.56 Å². The van der Waals surface area contributed by atoms with E-state index in [-0.39, 0.29) is 36.8 Å². The van der Waals surface area contributed by atoms with Crippen LogP contribution in [-0.2, 0) is 14.3 Å². The molecule has 21 heavy (non-hydrogen) atoms. The molecular weight excluding hydrogens is 277 g/mol. The van der Waals surface area contributed by atoms with Crippen molar-refractivity contribution in [2.45, 2.75) is 6.10 Å². The van der Waals surface area contributed by atoms with Gasteiger partial charge in [-0.3, -0.25) is 9.59 Å². The van der Waals surface area contributed by atoms with E-state index in [9.17, 15) is 14.0 Å². The number of rotatable bonds is 4. The topological polar surface area (TPSA) is 84.7 Å². The number of hydrogen-bond acceptors (Lipinski definition) is 4. The summed E-state index contributed by atoms with van der Waals surface area (Å²) in [5.41, 5.74) is 5.98. The average Bonchev–Trinajstić information content (AvgIpc) is 2.53. The minimum Gasteiger partial charge on any atom is -0.370 e. The summed E-state index contributed by atoms with van der Waals surface area (Å²) in [6.07, 6.45) is -0.284. The zero-order valence-electron chi connectivity index (χ0n) is 11.5. The molecular formula is C14H18FN3O3. The number of nitrogens with zero attached hydrogens (tertiary/aromatic N) is 1. The van der Waals surface area contributed by atoms with Crippen LogP contribution in [0.3, 0.4) is 0 Å². The Morgan fingerprint density at radius 2 is 2.10 bits per heavy atom. The van der Waals surface area contributed by atoms with Gasteiger partial charge in [-0.25, -0.2) is 4.39 Å². The normalized spacial score (nSPS) is 18.4. The lowest BCUT2D eigenvalue weighted by Gasteiger charge is -2.33. The molecule has 0 bridgehead atoms. The number of morpholine rings is 1. The zero-order chi connectivity index (χ0) is 15.2. The Morgan fingerprint density at radius 1 is 1.38 bits per heavy atom. The highest BCUT2D eigenvalue weighted by Gasteiger charge is 2.25. The van der Waals surface area contributed by atoms with Crippen LogP contribution in [0.25, 0.3) is 0 Å². The fourth-order valence-electron chi connectivity index (χ4n) is 2.11. The molecule has 0 spiro atoms. The minimum atomic E-state index is -0.369. The van der Waals surface area contributed by atoms with Crippen LogP contribution in [0.2, 0.25) is 0 Å². The molecule has 3 N–H and O–H groups in total. The number of amides is 2. The van der Waals surface area contributed by atoms with Gasteiger partial charge in [0, 0.05) is 6.54 Å². The molecule has 1 aliphatic rings. The fourth-order valence-corrected chi connectivity index (χ4v) is 2.11. The average molecular weight is 295 g/mol. The van der Waals surface area contributed by atoms with E-state index in [2.05, 4.69) is 5.32 Å². The van der Waals surface area contributed by atoms with Crippen LogP contribution in [0, 0.1) is 5.82 Å². The van der Waals surface area contributed by atoms with Gasteiger partial charge >= 0.3 is 0 Å². The van der Waals surface area contributed by atoms with Crippen molar-refractivity contribution in [2.24, 2.45) is 5.73 Å². The lowest BCUT2D eigenvalue weighted by atomic mass is 10.1. The van der Waals surface area contributed by atoms with Crippen LogP contribution in [0.15, 0.2) is 24.3 Å². The largest absolute Gasteiger partial charge is 0.370 e. The Hall–Kier alpha value is -1.99. The maximum absolute atomic E-state index is 12.9. The van der Waals surface area contributed by atoms with Crippen LogP contribution in [-0.4, -0.2) is 49.5 Å². The lowest BCUT2D eigenvalue weighted by molar-refractivity contribution is -0.139. The summed E-state index contributed by atoms with van der Waals surface area (Å²) < 4.78 is 18.5. The van der Waals surface area contributed by atoms with Gasteiger partial charge in [-0.05, 0) is 17.7 Å². The Labute approximate surface area is 122 Å². The third-order valence-corrected chi connectivity index (χ3v) is 3.28. The standard InChI is InChI=1S/C14H18FN3O3/c15-11-3-1-10(2-4-11)12-9-18(5-6-21-12)14(20)8-17-13(19)7-16/h1-4,12H,5-9,16H2,(H,17,19). The molecule has 1 saturated heterocycles. The van der Waals surface area contributed by atoms with Crippen LogP contribution < -0.4 is 11.1 Å². The van der Waals surface area contributed by atoms with Gasteiger partial charge < -0.3 is 20.7 Å². The molecule has 1 aliphatic heterocycles. The van der Waals surface area contributed by atoms with E-state index < -0.39 is 0 Å². The molecule has 0 saturated carbocycles. The van der Waals surface area contributed by atoms with Crippen LogP contribution in [0.5, 0.6) is 0 Å². The molecule has 1 aromatic rings. The Morgan fingerprint density at radius 3 is 2.76 bits per heavy atom. The number of hydrogen-bond donors (Lipinski definition) is 2. The Bertz CT molecular complexity index is 507. The van der Waals surface area contributed by atoms with E-state index in [1.54, 1.807) is 17.0 Å². The second kappa shape index (κ2) is 7.14. The maximum atomic E-state index is 12.9. The Kier molecular flexibility index (Phi) is 5.24. The second-order valence-corrected chi connectivity index (χ2v) is 4.73. The number of nitrogens with two attached hydrogens (primary N) is 1. The molecule has 1 aromatic carbocycles. The minimum absolute atomic E-state index is 0.0772. The van der Waals surface area contributed by atoms with Crippen LogP contribution >= 0.6 is 0 Å². The first-order valence-electron chi connectivity index (χ1n) is 6.71. The molecule has 114 valence electrons. The van der Waals surface area contributed by atoms with Gasteiger partial charge in [-0.1, -0.05) is 12.1 Å². The van der Waals surface area contributed by atoms with Gasteiger partial charge in [0.15, 0.2) is 0 Å². The third-order valence-electron chi connectivity index (χ3n) is 3.28. The summed E-state index contributed by atoms with van der Waals surface area (Å²) in [6, 6.07) is 6.01. The molecule has 2 rings (SSSR count). The van der Waals surface area contributed by atoms with E-state index in [4.69, 9.17) is 10.5 Å². The number of benzene rings is 1. The van der Waals surface area contributed by atoms with E-state index in [0.29, 0.717) is 19.7 Å². The first-order valence-corrected chi connectivity index (χ1v) is 6.71. The molecule has 1 atom stereocenters. The summed E-state index contributed by atoms with van der Waals surface area (Å²) >= 11 is 0. The summed E-state index contributed by atoms with van der Waals surface area (Å²) in [5, 5.41) is 2.45. The summed E-state index contributed by atoms with van der Waals surface area (Å²) in [7, 11) is 0. The molecule has 7 heteroatoms. The van der Waals surface area contributed by atoms with Gasteiger partial charge in [-0.15, -0.1) is 0 Å². The van der Waals surface area contributed by atoms with Gasteiger partial charge in [0.2, 0.25) is 11.8 Å². The van der Waals surface area contributed by atoms with Crippen molar-refractivity contribution < 1.29 is 18.7 Å². The molecule has 1 fully saturated rings. The summed E-state index contributed by atoms with van der Waals surface area (Å²) in [5.74, 6) is -0.870. The monoisotopic (exact) mass is 295 g/mol. The highest BCUT2D eigenvalue weighted by atomic mass is 19.1. The predicted octanol–water partition coefficient (Wildman–Crippen LogP) is -0.199. The van der Waals surface area contributed by atoms with Crippen molar-refractivity contribution in [2.75, 3.05) is 32.8 Å². The zero-order valence-corrected chi connectivity index (χ0v) is 11.5. The van der Waals surface area contributed by atoms with Crippen molar-refractivity contribution in [3.63, 3.8) is 0 Å². The number of ether oxygens (including phenoxy) is 1. The predicted molar refractivity (Wildman–Crippen MR) is 73.7 cm³/mol. The highest BCUT2D eigenvalue weighted by molar-refractivity contribution is 5.85. The Balaban J connectivity index is 1.92. The molecule has 0 radical (unpaired) electrons. The first kappa shape index (κ1) is 15.4.